The molecule has 2 aromatic carbocycles. The molecule has 29 heavy (non-hydrogen) atoms. The highest BCUT2D eigenvalue weighted by Gasteiger charge is 2.19. The number of hydrogen-bond donors (Lipinski definition) is 1. The van der Waals surface area contributed by atoms with E-state index in [1.54, 1.807) is 29.2 Å². The predicted molar refractivity (Wildman–Crippen MR) is 112 cm³/mol. The first-order valence-electron chi connectivity index (χ1n) is 10.1. The summed E-state index contributed by atoms with van der Waals surface area (Å²) in [6.45, 7) is 6.45. The molecule has 0 aliphatic carbocycles. The third-order valence-corrected chi connectivity index (χ3v) is 5.11. The van der Waals surface area contributed by atoms with E-state index >= 15 is 0 Å². The molecule has 1 heterocycles. The summed E-state index contributed by atoms with van der Waals surface area (Å²) < 4.78 is 11.1. The number of amides is 2. The van der Waals surface area contributed by atoms with Gasteiger partial charge in [-0.15, -0.1) is 0 Å². The van der Waals surface area contributed by atoms with Gasteiger partial charge in [-0.2, -0.15) is 0 Å². The molecule has 1 saturated heterocycles. The van der Waals surface area contributed by atoms with Crippen LogP contribution in [0.5, 0.6) is 5.75 Å². The van der Waals surface area contributed by atoms with Crippen LogP contribution in [0.15, 0.2) is 48.5 Å². The van der Waals surface area contributed by atoms with Gasteiger partial charge in [-0.25, -0.2) is 0 Å². The first kappa shape index (κ1) is 20.9. The highest BCUT2D eigenvalue weighted by atomic mass is 16.5. The fourth-order valence-electron chi connectivity index (χ4n) is 3.26. The molecule has 2 aromatic rings. The van der Waals surface area contributed by atoms with Crippen LogP contribution in [-0.2, 0) is 9.53 Å². The molecule has 2 amide bonds. The zero-order valence-electron chi connectivity index (χ0n) is 17.0. The summed E-state index contributed by atoms with van der Waals surface area (Å²) in [6.07, 6.45) is 0.997. The third-order valence-electron chi connectivity index (χ3n) is 5.11. The van der Waals surface area contributed by atoms with Crippen LogP contribution in [0.4, 0.5) is 5.69 Å². The van der Waals surface area contributed by atoms with Crippen LogP contribution < -0.4 is 10.1 Å². The molecule has 0 spiro atoms. The quantitative estimate of drug-likeness (QED) is 0.775. The number of hydrogen-bond acceptors (Lipinski definition) is 4. The third kappa shape index (κ3) is 5.57. The molecule has 0 bridgehead atoms. The van der Waals surface area contributed by atoms with Crippen molar-refractivity contribution in [3.05, 3.63) is 59.7 Å². The smallest absolute Gasteiger partial charge is 0.262 e. The van der Waals surface area contributed by atoms with Gasteiger partial charge in [-0.1, -0.05) is 38.1 Å². The van der Waals surface area contributed by atoms with Crippen LogP contribution >= 0.6 is 0 Å². The molecule has 0 radical (unpaired) electrons. The average Bonchev–Trinajstić information content (AvgIpc) is 2.77. The lowest BCUT2D eigenvalue weighted by Crippen LogP contribution is -2.40. The maximum absolute atomic E-state index is 12.6. The van der Waals surface area contributed by atoms with Gasteiger partial charge in [0.15, 0.2) is 6.61 Å². The molecule has 1 aliphatic heterocycles. The lowest BCUT2D eigenvalue weighted by Gasteiger charge is -2.27. The molecule has 0 saturated carbocycles. The van der Waals surface area contributed by atoms with Crippen molar-refractivity contribution in [3.63, 3.8) is 0 Å². The van der Waals surface area contributed by atoms with Gasteiger partial charge < -0.3 is 19.7 Å². The maximum Gasteiger partial charge on any atom is 0.262 e. The summed E-state index contributed by atoms with van der Waals surface area (Å²) in [4.78, 5) is 26.7. The fraction of sp³-hybridized carbons (Fsp3) is 0.391. The summed E-state index contributed by atoms with van der Waals surface area (Å²) in [5.74, 6) is 0.772. The molecule has 3 rings (SSSR count). The van der Waals surface area contributed by atoms with Crippen molar-refractivity contribution in [2.75, 3.05) is 38.2 Å². The number of anilines is 1. The standard InChI is InChI=1S/C23H28N2O4/c1-3-17(2)20-9-4-5-10-21(20)29-16-22(26)24-19-8-6-7-18(15-19)23(27)25-11-13-28-14-12-25/h4-10,15,17H,3,11-14,16H2,1-2H3,(H,24,26). The van der Waals surface area contributed by atoms with E-state index < -0.39 is 0 Å². The second-order valence-corrected chi connectivity index (χ2v) is 7.17. The van der Waals surface area contributed by atoms with Crippen molar-refractivity contribution in [1.82, 2.24) is 4.90 Å². The van der Waals surface area contributed by atoms with E-state index in [1.165, 1.54) is 0 Å². The zero-order valence-corrected chi connectivity index (χ0v) is 17.0. The van der Waals surface area contributed by atoms with Crippen LogP contribution in [0.25, 0.3) is 0 Å². The lowest BCUT2D eigenvalue weighted by molar-refractivity contribution is -0.118. The predicted octanol–water partition coefficient (Wildman–Crippen LogP) is 3.69. The number of para-hydroxylation sites is 1. The molecule has 0 aromatic heterocycles. The number of carbonyl (C=O) groups is 2. The van der Waals surface area contributed by atoms with Gasteiger partial charge in [0.2, 0.25) is 0 Å². The average molecular weight is 396 g/mol. The second kappa shape index (κ2) is 10.1. The van der Waals surface area contributed by atoms with Gasteiger partial charge in [0.1, 0.15) is 5.75 Å². The summed E-state index contributed by atoms with van der Waals surface area (Å²) in [7, 11) is 0. The second-order valence-electron chi connectivity index (χ2n) is 7.17. The number of benzene rings is 2. The zero-order chi connectivity index (χ0) is 20.6. The monoisotopic (exact) mass is 396 g/mol. The van der Waals surface area contributed by atoms with Crippen LogP contribution in [0.1, 0.15) is 42.1 Å². The maximum atomic E-state index is 12.6. The van der Waals surface area contributed by atoms with Crippen molar-refractivity contribution >= 4 is 17.5 Å². The Morgan fingerprint density at radius 2 is 1.90 bits per heavy atom. The number of ether oxygens (including phenoxy) is 2. The van der Waals surface area contributed by atoms with Crippen LogP contribution in [-0.4, -0.2) is 49.6 Å². The van der Waals surface area contributed by atoms with Gasteiger partial charge >= 0.3 is 0 Å². The van der Waals surface area contributed by atoms with E-state index in [4.69, 9.17) is 9.47 Å². The number of nitrogens with zero attached hydrogens (tertiary/aromatic N) is 1. The Morgan fingerprint density at radius 3 is 2.66 bits per heavy atom. The van der Waals surface area contributed by atoms with Gasteiger partial charge in [0.05, 0.1) is 13.2 Å². The normalized spacial score (nSPS) is 14.9. The summed E-state index contributed by atoms with van der Waals surface area (Å²) in [6, 6.07) is 14.8. The Kier molecular flexibility index (Phi) is 7.25. The van der Waals surface area contributed by atoms with E-state index in [2.05, 4.69) is 19.2 Å². The molecule has 1 aliphatic rings. The minimum atomic E-state index is -0.264. The molecule has 1 unspecified atom stereocenters. The topological polar surface area (TPSA) is 67.9 Å². The van der Waals surface area contributed by atoms with E-state index in [0.717, 1.165) is 17.7 Å². The Labute approximate surface area is 171 Å². The molecule has 1 fully saturated rings. The van der Waals surface area contributed by atoms with Crippen LogP contribution in [0, 0.1) is 0 Å². The molecular weight excluding hydrogens is 368 g/mol. The molecule has 6 nitrogen and oxygen atoms in total. The van der Waals surface area contributed by atoms with Crippen LogP contribution in [0.3, 0.4) is 0 Å². The Bertz CT molecular complexity index is 846. The summed E-state index contributed by atoms with van der Waals surface area (Å²) >= 11 is 0. The van der Waals surface area contributed by atoms with E-state index in [1.807, 2.05) is 24.3 Å². The minimum absolute atomic E-state index is 0.0527. The molecule has 1 N–H and O–H groups in total. The summed E-state index contributed by atoms with van der Waals surface area (Å²) in [5.41, 5.74) is 2.22. The largest absolute Gasteiger partial charge is 0.483 e. The molecule has 6 heteroatoms. The van der Waals surface area contributed by atoms with Gasteiger partial charge in [-0.05, 0) is 42.2 Å². The lowest BCUT2D eigenvalue weighted by atomic mass is 9.98. The van der Waals surface area contributed by atoms with Crippen molar-refractivity contribution in [2.24, 2.45) is 0 Å². The van der Waals surface area contributed by atoms with Crippen molar-refractivity contribution in [3.8, 4) is 5.75 Å². The molecule has 154 valence electrons. The number of nitrogens with one attached hydrogen (secondary N) is 1. The Morgan fingerprint density at radius 1 is 1.14 bits per heavy atom. The van der Waals surface area contributed by atoms with Gasteiger partial charge in [-0.3, -0.25) is 9.59 Å². The first-order chi connectivity index (χ1) is 14.1. The van der Waals surface area contributed by atoms with Gasteiger partial charge in [0.25, 0.3) is 11.8 Å². The van der Waals surface area contributed by atoms with Crippen molar-refractivity contribution in [2.45, 2.75) is 26.2 Å². The molecular formula is C23H28N2O4. The van der Waals surface area contributed by atoms with E-state index in [9.17, 15) is 9.59 Å². The highest BCUT2D eigenvalue weighted by Crippen LogP contribution is 2.28. The number of carbonyl (C=O) groups excluding carboxylic acids is 2. The summed E-state index contributed by atoms with van der Waals surface area (Å²) in [5, 5.41) is 2.81. The Balaban J connectivity index is 1.59. The van der Waals surface area contributed by atoms with Gasteiger partial charge in [0, 0.05) is 24.3 Å². The SMILES string of the molecule is CCC(C)c1ccccc1OCC(=O)Nc1cccc(C(=O)N2CCOCC2)c1. The first-order valence-corrected chi connectivity index (χ1v) is 10.1. The molecule has 1 atom stereocenters. The highest BCUT2D eigenvalue weighted by molar-refractivity contribution is 5.97. The van der Waals surface area contributed by atoms with Crippen LogP contribution in [0.2, 0.25) is 0 Å². The van der Waals surface area contributed by atoms with Crippen molar-refractivity contribution < 1.29 is 19.1 Å². The van der Waals surface area contributed by atoms with Crippen molar-refractivity contribution in [1.29, 1.82) is 0 Å². The minimum Gasteiger partial charge on any atom is -0.483 e. The fourth-order valence-corrected chi connectivity index (χ4v) is 3.26. The number of morpholine rings is 1. The number of rotatable bonds is 7. The Hall–Kier alpha value is -2.86. The van der Waals surface area contributed by atoms with E-state index in [0.29, 0.717) is 43.5 Å². The van der Waals surface area contributed by atoms with E-state index in [-0.39, 0.29) is 18.4 Å².